The third-order valence-corrected chi connectivity index (χ3v) is 6.26. The van der Waals surface area contributed by atoms with Crippen molar-refractivity contribution in [2.45, 2.75) is 52.4 Å². The molecule has 0 aromatic carbocycles. The average molecular weight is 236 g/mol. The molecule has 3 saturated carbocycles. The van der Waals surface area contributed by atoms with Gasteiger partial charge in [0.2, 0.25) is 0 Å². The number of ketones is 1. The summed E-state index contributed by atoms with van der Waals surface area (Å²) in [7, 11) is 0. The molecule has 5 atom stereocenters. The Hall–Kier alpha value is -0.370. The molecule has 2 bridgehead atoms. The zero-order valence-electron chi connectivity index (χ0n) is 11.0. The lowest BCUT2D eigenvalue weighted by atomic mass is 9.46. The third-order valence-electron chi connectivity index (χ3n) is 6.26. The van der Waals surface area contributed by atoms with E-state index in [-0.39, 0.29) is 5.41 Å². The molecule has 3 fully saturated rings. The van der Waals surface area contributed by atoms with Gasteiger partial charge in [-0.15, -0.1) is 0 Å². The highest BCUT2D eigenvalue weighted by atomic mass is 16.3. The normalized spacial score (nSPS) is 53.6. The SMILES string of the molecule is C[C@@]1(CO)C[C@H]2[C@H]1CC[C@@H]1C[C@]2(C)CCC1=O. The van der Waals surface area contributed by atoms with Crippen molar-refractivity contribution in [3.63, 3.8) is 0 Å². The number of aliphatic hydroxyl groups is 1. The van der Waals surface area contributed by atoms with Crippen LogP contribution in [0.5, 0.6) is 0 Å². The highest BCUT2D eigenvalue weighted by molar-refractivity contribution is 5.82. The van der Waals surface area contributed by atoms with Crippen LogP contribution in [-0.4, -0.2) is 17.5 Å². The third kappa shape index (κ3) is 1.53. The van der Waals surface area contributed by atoms with Crippen molar-refractivity contribution >= 4 is 5.78 Å². The average Bonchev–Trinajstić information content (AvgIpc) is 2.39. The molecule has 0 radical (unpaired) electrons. The van der Waals surface area contributed by atoms with Crippen molar-refractivity contribution in [1.29, 1.82) is 0 Å². The maximum absolute atomic E-state index is 11.9. The monoisotopic (exact) mass is 236 g/mol. The Morgan fingerprint density at radius 1 is 1.24 bits per heavy atom. The summed E-state index contributed by atoms with van der Waals surface area (Å²) in [5.74, 6) is 2.27. The molecule has 2 nitrogen and oxygen atoms in total. The smallest absolute Gasteiger partial charge is 0.136 e. The van der Waals surface area contributed by atoms with Gasteiger partial charge in [-0.25, -0.2) is 0 Å². The van der Waals surface area contributed by atoms with Gasteiger partial charge >= 0.3 is 0 Å². The molecule has 0 heterocycles. The van der Waals surface area contributed by atoms with Crippen LogP contribution < -0.4 is 0 Å². The van der Waals surface area contributed by atoms with Gasteiger partial charge in [0.15, 0.2) is 0 Å². The topological polar surface area (TPSA) is 37.3 Å². The van der Waals surface area contributed by atoms with Crippen molar-refractivity contribution in [2.24, 2.45) is 28.6 Å². The molecule has 0 unspecified atom stereocenters. The molecule has 3 aliphatic carbocycles. The molecule has 3 rings (SSSR count). The molecule has 3 aliphatic rings. The number of fused-ring (bicyclic) bond motifs is 4. The van der Waals surface area contributed by atoms with Gasteiger partial charge in [0.05, 0.1) is 0 Å². The van der Waals surface area contributed by atoms with Crippen molar-refractivity contribution in [3.8, 4) is 0 Å². The van der Waals surface area contributed by atoms with Gasteiger partial charge in [0, 0.05) is 18.9 Å². The molecule has 0 saturated heterocycles. The van der Waals surface area contributed by atoms with Crippen LogP contribution in [0.15, 0.2) is 0 Å². The largest absolute Gasteiger partial charge is 0.396 e. The van der Waals surface area contributed by atoms with E-state index in [1.807, 2.05) is 0 Å². The fourth-order valence-electron chi connectivity index (χ4n) is 4.96. The van der Waals surface area contributed by atoms with Crippen molar-refractivity contribution in [2.75, 3.05) is 6.61 Å². The van der Waals surface area contributed by atoms with Gasteiger partial charge in [0.25, 0.3) is 0 Å². The maximum Gasteiger partial charge on any atom is 0.136 e. The summed E-state index contributed by atoms with van der Waals surface area (Å²) in [6.07, 6.45) is 6.42. The molecule has 0 spiro atoms. The second-order valence-corrected chi connectivity index (χ2v) is 7.33. The first-order valence-electron chi connectivity index (χ1n) is 7.12. The molecule has 0 aromatic rings. The number of aliphatic hydroxyl groups excluding tert-OH is 1. The summed E-state index contributed by atoms with van der Waals surface area (Å²) in [6.45, 7) is 4.95. The van der Waals surface area contributed by atoms with Gasteiger partial charge in [0.1, 0.15) is 5.78 Å². The fraction of sp³-hybridized carbons (Fsp3) is 0.933. The van der Waals surface area contributed by atoms with Gasteiger partial charge < -0.3 is 5.11 Å². The minimum Gasteiger partial charge on any atom is -0.396 e. The number of hydrogen-bond donors (Lipinski definition) is 1. The predicted molar refractivity (Wildman–Crippen MR) is 66.5 cm³/mol. The summed E-state index contributed by atoms with van der Waals surface area (Å²) >= 11 is 0. The van der Waals surface area contributed by atoms with Crippen molar-refractivity contribution in [1.82, 2.24) is 0 Å². The van der Waals surface area contributed by atoms with Gasteiger partial charge in [-0.3, -0.25) is 4.79 Å². The Bertz CT molecular complexity index is 351. The van der Waals surface area contributed by atoms with Crippen LogP contribution in [0.2, 0.25) is 0 Å². The number of Topliss-reactive ketones (excluding diaryl/α,β-unsaturated/α-hetero) is 1. The van der Waals surface area contributed by atoms with Gasteiger partial charge in [-0.05, 0) is 54.8 Å². The minimum atomic E-state index is 0.147. The fourth-order valence-corrected chi connectivity index (χ4v) is 4.96. The summed E-state index contributed by atoms with van der Waals surface area (Å²) in [4.78, 5) is 11.9. The maximum atomic E-state index is 11.9. The van der Waals surface area contributed by atoms with Crippen LogP contribution in [0.3, 0.4) is 0 Å². The van der Waals surface area contributed by atoms with E-state index in [1.54, 1.807) is 0 Å². The van der Waals surface area contributed by atoms with E-state index in [9.17, 15) is 9.90 Å². The van der Waals surface area contributed by atoms with E-state index < -0.39 is 0 Å². The summed E-state index contributed by atoms with van der Waals surface area (Å²) in [5, 5.41) is 9.59. The molecule has 0 aromatic heterocycles. The second-order valence-electron chi connectivity index (χ2n) is 7.33. The van der Waals surface area contributed by atoms with Crippen molar-refractivity contribution < 1.29 is 9.90 Å². The summed E-state index contributed by atoms with van der Waals surface area (Å²) < 4.78 is 0. The van der Waals surface area contributed by atoms with Crippen LogP contribution >= 0.6 is 0 Å². The predicted octanol–water partition coefficient (Wildman–Crippen LogP) is 2.79. The Morgan fingerprint density at radius 2 is 2.00 bits per heavy atom. The minimum absolute atomic E-state index is 0.147. The number of hydrogen-bond acceptors (Lipinski definition) is 2. The van der Waals surface area contributed by atoms with Crippen molar-refractivity contribution in [3.05, 3.63) is 0 Å². The lowest BCUT2D eigenvalue weighted by Gasteiger charge is -2.59. The van der Waals surface area contributed by atoms with Gasteiger partial charge in [-0.2, -0.15) is 0 Å². The van der Waals surface area contributed by atoms with Crippen LogP contribution in [0.4, 0.5) is 0 Å². The molecular formula is C15H24O2. The highest BCUT2D eigenvalue weighted by Gasteiger charge is 2.59. The van der Waals surface area contributed by atoms with E-state index in [0.717, 1.165) is 38.0 Å². The molecular weight excluding hydrogens is 212 g/mol. The highest BCUT2D eigenvalue weighted by Crippen LogP contribution is 2.65. The molecule has 2 heteroatoms. The lowest BCUT2D eigenvalue weighted by molar-refractivity contribution is -0.138. The zero-order valence-corrected chi connectivity index (χ0v) is 11.0. The first kappa shape index (κ1) is 11.7. The number of rotatable bonds is 1. The standard InChI is InChI=1S/C15H24O2/c1-14-6-5-13(17)10(7-14)3-4-11-12(14)8-15(11,2)9-16/h10-12,16H,3-9H2,1-2H3/t10-,11-,12+,14+,15+/m1/s1. The van der Waals surface area contributed by atoms with Crippen LogP contribution in [0, 0.1) is 28.6 Å². The second kappa shape index (κ2) is 3.57. The molecule has 0 amide bonds. The Kier molecular flexibility index (Phi) is 2.46. The zero-order chi connectivity index (χ0) is 12.3. The quantitative estimate of drug-likeness (QED) is 0.760. The van der Waals surface area contributed by atoms with E-state index >= 15 is 0 Å². The van der Waals surface area contributed by atoms with E-state index in [0.29, 0.717) is 29.6 Å². The first-order chi connectivity index (χ1) is 7.98. The van der Waals surface area contributed by atoms with Crippen LogP contribution in [0.25, 0.3) is 0 Å². The summed E-state index contributed by atoms with van der Waals surface area (Å²) in [6, 6.07) is 0. The Labute approximate surface area is 104 Å². The lowest BCUT2D eigenvalue weighted by Crippen LogP contribution is -2.54. The number of carbonyl (C=O) groups is 1. The Morgan fingerprint density at radius 3 is 2.71 bits per heavy atom. The molecule has 96 valence electrons. The van der Waals surface area contributed by atoms with Crippen LogP contribution in [0.1, 0.15) is 52.4 Å². The van der Waals surface area contributed by atoms with Crippen LogP contribution in [-0.2, 0) is 4.79 Å². The summed E-state index contributed by atoms with van der Waals surface area (Å²) in [5.41, 5.74) is 0.530. The van der Waals surface area contributed by atoms with E-state index in [2.05, 4.69) is 13.8 Å². The van der Waals surface area contributed by atoms with E-state index in [4.69, 9.17) is 0 Å². The van der Waals surface area contributed by atoms with Gasteiger partial charge in [-0.1, -0.05) is 13.8 Å². The molecule has 17 heavy (non-hydrogen) atoms. The van der Waals surface area contributed by atoms with E-state index in [1.165, 1.54) is 6.42 Å². The number of carbonyl (C=O) groups excluding carboxylic acids is 1. The molecule has 1 N–H and O–H groups in total. The first-order valence-corrected chi connectivity index (χ1v) is 7.12. The molecule has 0 aliphatic heterocycles. The Balaban J connectivity index is 1.88.